The largest absolute Gasteiger partial charge is 0.417 e. The number of alkyl halides is 6. The van der Waals surface area contributed by atoms with Crippen LogP contribution in [0.25, 0.3) is 0 Å². The van der Waals surface area contributed by atoms with Gasteiger partial charge in [-0.1, -0.05) is 0 Å². The maximum absolute atomic E-state index is 13.0. The first kappa shape index (κ1) is 17.4. The van der Waals surface area contributed by atoms with Crippen LogP contribution in [-0.2, 0) is 22.4 Å². The fourth-order valence-electron chi connectivity index (χ4n) is 1.93. The van der Waals surface area contributed by atoms with Gasteiger partial charge in [-0.25, -0.2) is 0 Å². The monoisotopic (exact) mass is 361 g/mol. The number of benzene rings is 1. The maximum atomic E-state index is 13.0. The number of anilines is 1. The molecule has 1 aromatic carbocycles. The normalized spacial score (nSPS) is 17.1. The van der Waals surface area contributed by atoms with E-state index in [0.717, 1.165) is 0 Å². The Morgan fingerprint density at radius 2 is 1.74 bits per heavy atom. The van der Waals surface area contributed by atoms with Gasteiger partial charge in [0.2, 0.25) is 5.96 Å². The van der Waals surface area contributed by atoms with E-state index in [1.54, 1.807) is 6.92 Å². The first-order chi connectivity index (χ1) is 10.4. The lowest BCUT2D eigenvalue weighted by atomic mass is 10.1. The highest BCUT2D eigenvalue weighted by Crippen LogP contribution is 2.43. The van der Waals surface area contributed by atoms with Crippen molar-refractivity contribution in [3.8, 4) is 0 Å². The van der Waals surface area contributed by atoms with Crippen molar-refractivity contribution in [2.75, 3.05) is 11.9 Å². The summed E-state index contributed by atoms with van der Waals surface area (Å²) in [5.41, 5.74) is -4.38. The molecule has 0 spiro atoms. The quantitative estimate of drug-likeness (QED) is 0.755. The van der Waals surface area contributed by atoms with Crippen molar-refractivity contribution < 1.29 is 34.8 Å². The van der Waals surface area contributed by atoms with Crippen LogP contribution in [0.1, 0.15) is 18.1 Å². The maximum Gasteiger partial charge on any atom is 0.417 e. The first-order valence-corrected chi connectivity index (χ1v) is 7.48. The van der Waals surface area contributed by atoms with Gasteiger partial charge in [0.25, 0.3) is 10.0 Å². The molecule has 1 aliphatic rings. The summed E-state index contributed by atoms with van der Waals surface area (Å²) in [4.78, 5) is -1.33. The fourth-order valence-corrected chi connectivity index (χ4v) is 3.22. The Kier molecular flexibility index (Phi) is 3.99. The summed E-state index contributed by atoms with van der Waals surface area (Å²) in [5.74, 6) is -0.451. The van der Waals surface area contributed by atoms with Crippen molar-refractivity contribution >= 4 is 21.7 Å². The van der Waals surface area contributed by atoms with E-state index < -0.39 is 50.0 Å². The van der Waals surface area contributed by atoms with E-state index in [4.69, 9.17) is 0 Å². The molecule has 0 bridgehead atoms. The van der Waals surface area contributed by atoms with Gasteiger partial charge in [0.1, 0.15) is 4.90 Å². The van der Waals surface area contributed by atoms with Crippen LogP contribution in [-0.4, -0.2) is 20.9 Å². The number of fused-ring (bicyclic) bond motifs is 1. The molecule has 1 aliphatic heterocycles. The van der Waals surface area contributed by atoms with Crippen LogP contribution in [0.5, 0.6) is 0 Å². The highest BCUT2D eigenvalue weighted by molar-refractivity contribution is 7.90. The lowest BCUT2D eigenvalue weighted by Crippen LogP contribution is -2.35. The minimum Gasteiger partial charge on any atom is -0.355 e. The highest BCUT2D eigenvalue weighted by Gasteiger charge is 2.44. The molecular weight excluding hydrogens is 352 g/mol. The zero-order chi connectivity index (χ0) is 17.6. The van der Waals surface area contributed by atoms with Gasteiger partial charge >= 0.3 is 12.4 Å². The zero-order valence-corrected chi connectivity index (χ0v) is 12.1. The zero-order valence-electron chi connectivity index (χ0n) is 11.3. The molecule has 1 heterocycles. The third-order valence-electron chi connectivity index (χ3n) is 2.79. The van der Waals surface area contributed by atoms with E-state index in [1.807, 2.05) is 0 Å². The molecule has 128 valence electrons. The first-order valence-electron chi connectivity index (χ1n) is 6.04. The Morgan fingerprint density at radius 1 is 1.13 bits per heavy atom. The minimum absolute atomic E-state index is 0.155. The smallest absolute Gasteiger partial charge is 0.355 e. The van der Waals surface area contributed by atoms with Gasteiger partial charge in [0.05, 0.1) is 16.8 Å². The molecular formula is C11H9F6N3O2S. The molecule has 0 aliphatic carbocycles. The number of halogens is 6. The lowest BCUT2D eigenvalue weighted by Gasteiger charge is -2.23. The van der Waals surface area contributed by atoms with E-state index in [2.05, 4.69) is 15.0 Å². The molecule has 12 heteroatoms. The van der Waals surface area contributed by atoms with Crippen LogP contribution < -0.4 is 10.6 Å². The number of hydrogen-bond acceptors (Lipinski definition) is 4. The van der Waals surface area contributed by atoms with Gasteiger partial charge in [0.15, 0.2) is 0 Å². The van der Waals surface area contributed by atoms with Gasteiger partial charge in [0, 0.05) is 6.54 Å². The Balaban J connectivity index is 2.79. The van der Waals surface area contributed by atoms with Crippen molar-refractivity contribution in [2.45, 2.75) is 24.2 Å². The number of nitrogens with one attached hydrogen (secondary N) is 2. The van der Waals surface area contributed by atoms with E-state index in [9.17, 15) is 34.8 Å². The fraction of sp³-hybridized carbons (Fsp3) is 0.364. The molecule has 0 aromatic heterocycles. The van der Waals surface area contributed by atoms with Crippen molar-refractivity contribution in [3.63, 3.8) is 0 Å². The number of hydrogen-bond donors (Lipinski definition) is 2. The number of guanidine groups is 1. The molecule has 5 nitrogen and oxygen atoms in total. The van der Waals surface area contributed by atoms with E-state index in [-0.39, 0.29) is 12.6 Å². The Morgan fingerprint density at radius 3 is 2.22 bits per heavy atom. The molecule has 0 fully saturated rings. The van der Waals surface area contributed by atoms with Crippen LogP contribution >= 0.6 is 0 Å². The van der Waals surface area contributed by atoms with Gasteiger partial charge in [-0.2, -0.15) is 34.8 Å². The van der Waals surface area contributed by atoms with Crippen molar-refractivity contribution in [1.82, 2.24) is 5.32 Å². The van der Waals surface area contributed by atoms with Crippen LogP contribution in [0.3, 0.4) is 0 Å². The third-order valence-corrected chi connectivity index (χ3v) is 4.17. The summed E-state index contributed by atoms with van der Waals surface area (Å²) in [5, 5.41) is 4.53. The van der Waals surface area contributed by atoms with Gasteiger partial charge in [-0.3, -0.25) is 0 Å². The molecule has 0 amide bonds. The second kappa shape index (κ2) is 5.28. The van der Waals surface area contributed by atoms with E-state index in [1.165, 1.54) is 0 Å². The lowest BCUT2D eigenvalue weighted by molar-refractivity contribution is -0.144. The molecule has 0 radical (unpaired) electrons. The topological polar surface area (TPSA) is 70.6 Å². The average molecular weight is 361 g/mol. The second-order valence-electron chi connectivity index (χ2n) is 4.47. The highest BCUT2D eigenvalue weighted by atomic mass is 32.2. The summed E-state index contributed by atoms with van der Waals surface area (Å²) < 4.78 is 104. The molecule has 2 N–H and O–H groups in total. The predicted octanol–water partition coefficient (Wildman–Crippen LogP) is 2.80. The number of sulfonamides is 1. The minimum atomic E-state index is -5.30. The SMILES string of the molecule is CCNC1=NS(=O)(=O)c2c(cc(C(F)(F)F)cc2C(F)(F)F)N1. The second-order valence-corrected chi connectivity index (χ2v) is 6.01. The van der Waals surface area contributed by atoms with Crippen LogP contribution in [0.4, 0.5) is 32.0 Å². The van der Waals surface area contributed by atoms with Crippen LogP contribution in [0.15, 0.2) is 21.4 Å². The summed E-state index contributed by atoms with van der Waals surface area (Å²) in [7, 11) is -4.81. The molecule has 0 saturated heterocycles. The molecule has 1 aromatic rings. The molecule has 23 heavy (non-hydrogen) atoms. The molecule has 0 unspecified atom stereocenters. The van der Waals surface area contributed by atoms with Crippen molar-refractivity contribution in [3.05, 3.63) is 23.3 Å². The van der Waals surface area contributed by atoms with Crippen LogP contribution in [0, 0.1) is 0 Å². The number of rotatable bonds is 1. The summed E-state index contributed by atoms with van der Waals surface area (Å²) in [6.45, 7) is 1.70. The Labute approximate surface area is 126 Å². The molecule has 2 rings (SSSR count). The van der Waals surface area contributed by atoms with Crippen molar-refractivity contribution in [2.24, 2.45) is 4.40 Å². The van der Waals surface area contributed by atoms with Gasteiger partial charge in [-0.15, -0.1) is 4.40 Å². The Hall–Kier alpha value is -1.98. The summed E-state index contributed by atoms with van der Waals surface area (Å²) in [6, 6.07) is 0.0555. The third kappa shape index (κ3) is 3.35. The summed E-state index contributed by atoms with van der Waals surface area (Å²) >= 11 is 0. The van der Waals surface area contributed by atoms with Crippen molar-refractivity contribution in [1.29, 1.82) is 0 Å². The number of nitrogens with zero attached hydrogens (tertiary/aromatic N) is 1. The average Bonchev–Trinajstić information content (AvgIpc) is 2.34. The molecule has 0 saturated carbocycles. The van der Waals surface area contributed by atoms with Crippen LogP contribution in [0.2, 0.25) is 0 Å². The Bertz CT molecular complexity index is 767. The van der Waals surface area contributed by atoms with E-state index >= 15 is 0 Å². The van der Waals surface area contributed by atoms with E-state index in [0.29, 0.717) is 6.07 Å². The predicted molar refractivity (Wildman–Crippen MR) is 68.4 cm³/mol. The standard InChI is InChI=1S/C11H9F6N3O2S/c1-2-18-9-19-7-4-5(10(12,13)14)3-6(11(15,16)17)8(7)23(21,22)20-9/h3-4H,2H2,1H3,(H2,18,19,20). The van der Waals surface area contributed by atoms with Gasteiger partial charge in [-0.05, 0) is 19.1 Å². The van der Waals surface area contributed by atoms with Gasteiger partial charge < -0.3 is 10.6 Å². The molecule has 0 atom stereocenters. The summed E-state index contributed by atoms with van der Waals surface area (Å²) in [6.07, 6.45) is -10.4.